The molecule has 6 heteroatoms. The van der Waals surface area contributed by atoms with Crippen LogP contribution in [0.15, 0.2) is 36.4 Å². The lowest BCUT2D eigenvalue weighted by atomic mass is 10.2. The van der Waals surface area contributed by atoms with Crippen LogP contribution in [0.4, 0.5) is 17.1 Å². The molecule has 0 radical (unpaired) electrons. The van der Waals surface area contributed by atoms with Crippen LogP contribution >= 0.6 is 0 Å². The molecule has 0 bridgehead atoms. The van der Waals surface area contributed by atoms with Gasteiger partial charge in [0.25, 0.3) is 0 Å². The lowest BCUT2D eigenvalue weighted by Crippen LogP contribution is -2.38. The predicted molar refractivity (Wildman–Crippen MR) is 94.9 cm³/mol. The SMILES string of the molecule is COc1ccc(C)cc1NC(=O)CN1CCOc2ccc(N)cc21. The van der Waals surface area contributed by atoms with Crippen molar-refractivity contribution in [1.29, 1.82) is 0 Å². The van der Waals surface area contributed by atoms with Crippen LogP contribution in [0.1, 0.15) is 5.56 Å². The Kier molecular flexibility index (Phi) is 4.46. The molecule has 0 atom stereocenters. The number of amides is 1. The van der Waals surface area contributed by atoms with Gasteiger partial charge in [0.1, 0.15) is 18.1 Å². The molecule has 0 spiro atoms. The highest BCUT2D eigenvalue weighted by atomic mass is 16.5. The van der Waals surface area contributed by atoms with Crippen molar-refractivity contribution in [1.82, 2.24) is 0 Å². The standard InChI is InChI=1S/C18H21N3O3/c1-12-3-5-16(23-2)14(9-12)20-18(22)11-21-7-8-24-17-6-4-13(19)10-15(17)21/h3-6,9-10H,7-8,11,19H2,1-2H3,(H,20,22). The summed E-state index contributed by atoms with van der Waals surface area (Å²) in [6.45, 7) is 3.36. The number of carbonyl (C=O) groups excluding carboxylic acids is 1. The molecule has 2 aromatic rings. The van der Waals surface area contributed by atoms with Gasteiger partial charge in [-0.2, -0.15) is 0 Å². The van der Waals surface area contributed by atoms with Crippen molar-refractivity contribution < 1.29 is 14.3 Å². The summed E-state index contributed by atoms with van der Waals surface area (Å²) in [4.78, 5) is 14.4. The van der Waals surface area contributed by atoms with Crippen molar-refractivity contribution in [2.24, 2.45) is 0 Å². The number of hydrogen-bond donors (Lipinski definition) is 2. The van der Waals surface area contributed by atoms with Crippen LogP contribution in [0, 0.1) is 6.92 Å². The highest BCUT2D eigenvalue weighted by Crippen LogP contribution is 2.33. The van der Waals surface area contributed by atoms with Crippen molar-refractivity contribution in [2.45, 2.75) is 6.92 Å². The quantitative estimate of drug-likeness (QED) is 0.844. The topological polar surface area (TPSA) is 76.8 Å². The van der Waals surface area contributed by atoms with Crippen LogP contribution in [0.3, 0.4) is 0 Å². The maximum atomic E-state index is 12.5. The van der Waals surface area contributed by atoms with Crippen molar-refractivity contribution >= 4 is 23.0 Å². The number of ether oxygens (including phenoxy) is 2. The van der Waals surface area contributed by atoms with E-state index >= 15 is 0 Å². The number of rotatable bonds is 4. The largest absolute Gasteiger partial charge is 0.495 e. The normalized spacial score (nSPS) is 13.0. The van der Waals surface area contributed by atoms with Gasteiger partial charge in [-0.25, -0.2) is 0 Å². The molecule has 0 unspecified atom stereocenters. The zero-order valence-corrected chi connectivity index (χ0v) is 13.8. The molecule has 1 aliphatic rings. The number of nitrogens with zero attached hydrogens (tertiary/aromatic N) is 1. The molecule has 0 aliphatic carbocycles. The summed E-state index contributed by atoms with van der Waals surface area (Å²) in [6.07, 6.45) is 0. The first-order chi connectivity index (χ1) is 11.6. The van der Waals surface area contributed by atoms with Crippen molar-refractivity contribution in [3.8, 4) is 11.5 Å². The van der Waals surface area contributed by atoms with Gasteiger partial charge < -0.3 is 25.4 Å². The second-order valence-electron chi connectivity index (χ2n) is 5.75. The molecule has 6 nitrogen and oxygen atoms in total. The number of methoxy groups -OCH3 is 1. The van der Waals surface area contributed by atoms with Crippen molar-refractivity contribution in [3.63, 3.8) is 0 Å². The number of nitrogen functional groups attached to an aromatic ring is 1. The molecule has 126 valence electrons. The summed E-state index contributed by atoms with van der Waals surface area (Å²) in [6, 6.07) is 11.1. The minimum Gasteiger partial charge on any atom is -0.495 e. The third-order valence-electron chi connectivity index (χ3n) is 3.91. The fourth-order valence-corrected chi connectivity index (χ4v) is 2.74. The molecule has 24 heavy (non-hydrogen) atoms. The molecule has 2 aromatic carbocycles. The van der Waals surface area contributed by atoms with E-state index in [2.05, 4.69) is 5.32 Å². The Morgan fingerprint density at radius 3 is 2.96 bits per heavy atom. The number of nitrogens with two attached hydrogens (primary N) is 1. The first-order valence-electron chi connectivity index (χ1n) is 7.78. The average Bonchev–Trinajstić information content (AvgIpc) is 2.55. The Labute approximate surface area is 141 Å². The van der Waals surface area contributed by atoms with Crippen LogP contribution < -0.4 is 25.4 Å². The number of aryl methyl sites for hydroxylation is 1. The predicted octanol–water partition coefficient (Wildman–Crippen LogP) is 2.42. The van der Waals surface area contributed by atoms with Gasteiger partial charge in [0.2, 0.25) is 5.91 Å². The van der Waals surface area contributed by atoms with Gasteiger partial charge in [0.15, 0.2) is 0 Å². The highest BCUT2D eigenvalue weighted by Gasteiger charge is 2.21. The first kappa shape index (κ1) is 16.0. The number of hydrogen-bond acceptors (Lipinski definition) is 5. The van der Waals surface area contributed by atoms with E-state index in [1.807, 2.05) is 42.2 Å². The maximum Gasteiger partial charge on any atom is 0.243 e. The van der Waals surface area contributed by atoms with E-state index in [0.29, 0.717) is 30.3 Å². The van der Waals surface area contributed by atoms with E-state index in [1.165, 1.54) is 0 Å². The minimum absolute atomic E-state index is 0.117. The van der Waals surface area contributed by atoms with Crippen LogP contribution in [-0.2, 0) is 4.79 Å². The van der Waals surface area contributed by atoms with Gasteiger partial charge in [-0.3, -0.25) is 4.79 Å². The maximum absolute atomic E-state index is 12.5. The summed E-state index contributed by atoms with van der Waals surface area (Å²) in [5.74, 6) is 1.27. The second-order valence-corrected chi connectivity index (χ2v) is 5.75. The first-order valence-corrected chi connectivity index (χ1v) is 7.78. The molecule has 0 saturated heterocycles. The molecule has 0 fully saturated rings. The summed E-state index contributed by atoms with van der Waals surface area (Å²) in [5.41, 5.74) is 9.06. The molecule has 3 N–H and O–H groups in total. The van der Waals surface area contributed by atoms with E-state index < -0.39 is 0 Å². The van der Waals surface area contributed by atoms with Crippen LogP contribution in [0.5, 0.6) is 11.5 Å². The number of carbonyl (C=O) groups is 1. The Morgan fingerprint density at radius 1 is 1.33 bits per heavy atom. The Morgan fingerprint density at radius 2 is 2.17 bits per heavy atom. The summed E-state index contributed by atoms with van der Waals surface area (Å²) in [5, 5.41) is 2.92. The van der Waals surface area contributed by atoms with Gasteiger partial charge in [0, 0.05) is 5.69 Å². The van der Waals surface area contributed by atoms with E-state index in [0.717, 1.165) is 17.0 Å². The number of anilines is 3. The highest BCUT2D eigenvalue weighted by molar-refractivity contribution is 5.95. The average molecular weight is 327 g/mol. The Balaban J connectivity index is 1.75. The van der Waals surface area contributed by atoms with E-state index in [-0.39, 0.29) is 12.5 Å². The van der Waals surface area contributed by atoms with Gasteiger partial charge >= 0.3 is 0 Å². The third kappa shape index (κ3) is 3.37. The molecular weight excluding hydrogens is 306 g/mol. The summed E-state index contributed by atoms with van der Waals surface area (Å²) in [7, 11) is 1.58. The smallest absolute Gasteiger partial charge is 0.243 e. The van der Waals surface area contributed by atoms with Crippen molar-refractivity contribution in [3.05, 3.63) is 42.0 Å². The van der Waals surface area contributed by atoms with E-state index in [4.69, 9.17) is 15.2 Å². The number of fused-ring (bicyclic) bond motifs is 1. The van der Waals surface area contributed by atoms with Crippen LogP contribution in [0.2, 0.25) is 0 Å². The molecule has 0 aromatic heterocycles. The third-order valence-corrected chi connectivity index (χ3v) is 3.91. The number of benzene rings is 2. The molecule has 0 saturated carbocycles. The van der Waals surface area contributed by atoms with Gasteiger partial charge in [0.05, 0.1) is 31.6 Å². The summed E-state index contributed by atoms with van der Waals surface area (Å²) < 4.78 is 10.9. The molecular formula is C18H21N3O3. The molecule has 1 amide bonds. The zero-order chi connectivity index (χ0) is 17.1. The van der Waals surface area contributed by atoms with E-state index in [9.17, 15) is 4.79 Å². The monoisotopic (exact) mass is 327 g/mol. The van der Waals surface area contributed by atoms with Gasteiger partial charge in [-0.05, 0) is 42.8 Å². The minimum atomic E-state index is -0.117. The van der Waals surface area contributed by atoms with Crippen LogP contribution in [-0.4, -0.2) is 32.7 Å². The fraction of sp³-hybridized carbons (Fsp3) is 0.278. The second kappa shape index (κ2) is 6.70. The zero-order valence-electron chi connectivity index (χ0n) is 13.8. The lowest BCUT2D eigenvalue weighted by molar-refractivity contribution is -0.115. The molecule has 1 heterocycles. The van der Waals surface area contributed by atoms with Crippen molar-refractivity contribution in [2.75, 3.05) is 42.8 Å². The Hall–Kier alpha value is -2.89. The lowest BCUT2D eigenvalue weighted by Gasteiger charge is -2.31. The Bertz CT molecular complexity index is 761. The molecule has 3 rings (SSSR count). The fourth-order valence-electron chi connectivity index (χ4n) is 2.74. The molecule has 1 aliphatic heterocycles. The van der Waals surface area contributed by atoms with E-state index in [1.54, 1.807) is 13.2 Å². The number of nitrogens with one attached hydrogen (secondary N) is 1. The van der Waals surface area contributed by atoms with Crippen LogP contribution in [0.25, 0.3) is 0 Å². The van der Waals surface area contributed by atoms with Gasteiger partial charge in [-0.15, -0.1) is 0 Å². The summed E-state index contributed by atoms with van der Waals surface area (Å²) >= 11 is 0. The van der Waals surface area contributed by atoms with Gasteiger partial charge in [-0.1, -0.05) is 6.07 Å².